The number of rotatable bonds is 5. The summed E-state index contributed by atoms with van der Waals surface area (Å²) in [6.45, 7) is 1.52. The Morgan fingerprint density at radius 3 is 2.81 bits per heavy atom. The van der Waals surface area contributed by atoms with Crippen molar-refractivity contribution in [2.45, 2.75) is 6.92 Å². The number of phenolic OH excluding ortho intramolecular Hbond substituents is 1. The van der Waals surface area contributed by atoms with Gasteiger partial charge in [0, 0.05) is 5.56 Å². The van der Waals surface area contributed by atoms with Crippen molar-refractivity contribution in [2.24, 2.45) is 0 Å². The van der Waals surface area contributed by atoms with E-state index in [0.717, 1.165) is 0 Å². The van der Waals surface area contributed by atoms with Gasteiger partial charge in [-0.15, -0.1) is 0 Å². The van der Waals surface area contributed by atoms with Gasteiger partial charge in [0.2, 0.25) is 0 Å². The molecule has 0 aliphatic carbocycles. The second kappa shape index (κ2) is 7.77. The minimum absolute atomic E-state index is 0.102. The molecule has 0 aliphatic heterocycles. The minimum atomic E-state index is -0.682. The van der Waals surface area contributed by atoms with Crippen LogP contribution in [0.25, 0.3) is 22.3 Å². The first-order valence-electron chi connectivity index (χ1n) is 8.18. The number of nitrogens with one attached hydrogen (secondary N) is 1. The van der Waals surface area contributed by atoms with Crippen LogP contribution >= 0.6 is 0 Å². The average Bonchev–Trinajstić information content (AvgIpc) is 2.66. The van der Waals surface area contributed by atoms with Crippen LogP contribution in [0.2, 0.25) is 0 Å². The summed E-state index contributed by atoms with van der Waals surface area (Å²) in [7, 11) is 0. The molecule has 0 radical (unpaired) electrons. The molecule has 2 aromatic carbocycles. The number of ether oxygens (including phenoxy) is 1. The van der Waals surface area contributed by atoms with Crippen LogP contribution in [0.15, 0.2) is 42.6 Å². The summed E-state index contributed by atoms with van der Waals surface area (Å²) in [5.74, 6) is -1.97. The summed E-state index contributed by atoms with van der Waals surface area (Å²) in [4.78, 5) is 32.4. The Bertz CT molecular complexity index is 1020. The molecular formula is C19H16FN3O4. The summed E-state index contributed by atoms with van der Waals surface area (Å²) in [5.41, 5.74) is 1.36. The van der Waals surface area contributed by atoms with Gasteiger partial charge >= 0.3 is 5.97 Å². The lowest BCUT2D eigenvalue weighted by atomic mass is 10.1. The van der Waals surface area contributed by atoms with Crippen LogP contribution in [0.4, 0.5) is 4.39 Å². The van der Waals surface area contributed by atoms with Crippen molar-refractivity contribution >= 4 is 22.9 Å². The molecule has 7 nitrogen and oxygen atoms in total. The Morgan fingerprint density at radius 2 is 2.07 bits per heavy atom. The number of amides is 1. The van der Waals surface area contributed by atoms with E-state index in [4.69, 9.17) is 4.74 Å². The van der Waals surface area contributed by atoms with Crippen LogP contribution in [-0.4, -0.2) is 40.1 Å². The van der Waals surface area contributed by atoms with Crippen molar-refractivity contribution in [3.05, 3.63) is 54.0 Å². The molecule has 0 saturated carbocycles. The molecule has 0 fully saturated rings. The van der Waals surface area contributed by atoms with Crippen LogP contribution in [0.5, 0.6) is 5.75 Å². The molecule has 8 heteroatoms. The fourth-order valence-electron chi connectivity index (χ4n) is 2.54. The van der Waals surface area contributed by atoms with Crippen LogP contribution in [0, 0.1) is 5.82 Å². The molecule has 1 aromatic heterocycles. The number of carbonyl (C=O) groups excluding carboxylic acids is 2. The molecule has 138 valence electrons. The van der Waals surface area contributed by atoms with Crippen LogP contribution in [0.1, 0.15) is 17.3 Å². The van der Waals surface area contributed by atoms with E-state index < -0.39 is 17.7 Å². The van der Waals surface area contributed by atoms with Gasteiger partial charge in [0.1, 0.15) is 29.2 Å². The van der Waals surface area contributed by atoms with Crippen molar-refractivity contribution in [1.82, 2.24) is 15.3 Å². The van der Waals surface area contributed by atoms with Gasteiger partial charge in [-0.25, -0.2) is 9.37 Å². The first-order valence-corrected chi connectivity index (χ1v) is 8.18. The fraction of sp³-hybridized carbons (Fsp3) is 0.158. The number of aromatic hydroxyl groups is 1. The lowest BCUT2D eigenvalue weighted by Gasteiger charge is -2.10. The van der Waals surface area contributed by atoms with E-state index in [9.17, 15) is 19.1 Å². The molecule has 3 aromatic rings. The molecule has 0 atom stereocenters. The number of carbonyl (C=O) groups is 2. The molecule has 3 rings (SSSR count). The van der Waals surface area contributed by atoms with E-state index in [1.807, 2.05) is 0 Å². The molecule has 1 heterocycles. The molecule has 0 spiro atoms. The summed E-state index contributed by atoms with van der Waals surface area (Å²) >= 11 is 0. The third kappa shape index (κ3) is 4.00. The Balaban J connectivity index is 1.95. The lowest BCUT2D eigenvalue weighted by molar-refractivity contribution is -0.141. The Morgan fingerprint density at radius 1 is 1.26 bits per heavy atom. The maximum atomic E-state index is 13.4. The van der Waals surface area contributed by atoms with Crippen LogP contribution in [-0.2, 0) is 9.53 Å². The van der Waals surface area contributed by atoms with Gasteiger partial charge in [-0.05, 0) is 31.2 Å². The number of fused-ring (bicyclic) bond motifs is 1. The van der Waals surface area contributed by atoms with E-state index in [-0.39, 0.29) is 30.0 Å². The zero-order chi connectivity index (χ0) is 19.4. The van der Waals surface area contributed by atoms with Gasteiger partial charge in [0.05, 0.1) is 24.0 Å². The fourth-order valence-corrected chi connectivity index (χ4v) is 2.54. The first kappa shape index (κ1) is 18.2. The van der Waals surface area contributed by atoms with Crippen LogP contribution < -0.4 is 5.32 Å². The van der Waals surface area contributed by atoms with E-state index in [0.29, 0.717) is 16.8 Å². The van der Waals surface area contributed by atoms with E-state index in [1.54, 1.807) is 19.1 Å². The number of hydrogen-bond donors (Lipinski definition) is 2. The number of aromatic nitrogens is 2. The summed E-state index contributed by atoms with van der Waals surface area (Å²) in [6.07, 6.45) is 1.39. The standard InChI is InChI=1S/C19H16FN3O4/c1-2-27-16(25)10-22-19(26)17-15(24)7-6-13-18(17)21-9-14(23-13)11-4-3-5-12(20)8-11/h3-9,24H,2,10H2,1H3,(H,22,26). The van der Waals surface area contributed by atoms with E-state index in [1.165, 1.54) is 30.5 Å². The normalized spacial score (nSPS) is 10.6. The monoisotopic (exact) mass is 369 g/mol. The smallest absolute Gasteiger partial charge is 0.325 e. The quantitative estimate of drug-likeness (QED) is 0.670. The molecule has 1 amide bonds. The van der Waals surface area contributed by atoms with Gasteiger partial charge in [0.15, 0.2) is 0 Å². The van der Waals surface area contributed by atoms with Gasteiger partial charge in [-0.1, -0.05) is 12.1 Å². The van der Waals surface area contributed by atoms with Crippen molar-refractivity contribution in [3.8, 4) is 17.0 Å². The van der Waals surface area contributed by atoms with Gasteiger partial charge in [0.25, 0.3) is 5.91 Å². The summed E-state index contributed by atoms with van der Waals surface area (Å²) in [6, 6.07) is 8.70. The van der Waals surface area contributed by atoms with Crippen molar-refractivity contribution < 1.29 is 23.8 Å². The van der Waals surface area contributed by atoms with Gasteiger partial charge < -0.3 is 15.2 Å². The predicted molar refractivity (Wildman–Crippen MR) is 95.6 cm³/mol. The predicted octanol–water partition coefficient (Wildman–Crippen LogP) is 2.43. The molecule has 2 N–H and O–H groups in total. The highest BCUT2D eigenvalue weighted by Crippen LogP contribution is 2.27. The number of halogens is 1. The maximum absolute atomic E-state index is 13.4. The second-order valence-electron chi connectivity index (χ2n) is 5.58. The largest absolute Gasteiger partial charge is 0.507 e. The highest BCUT2D eigenvalue weighted by Gasteiger charge is 2.18. The lowest BCUT2D eigenvalue weighted by Crippen LogP contribution is -2.31. The zero-order valence-electron chi connectivity index (χ0n) is 14.4. The number of nitrogens with zero attached hydrogens (tertiary/aromatic N) is 2. The van der Waals surface area contributed by atoms with Crippen LogP contribution in [0.3, 0.4) is 0 Å². The minimum Gasteiger partial charge on any atom is -0.507 e. The highest BCUT2D eigenvalue weighted by molar-refractivity contribution is 6.08. The van der Waals surface area contributed by atoms with Gasteiger partial charge in [-0.3, -0.25) is 14.6 Å². The molecular weight excluding hydrogens is 353 g/mol. The van der Waals surface area contributed by atoms with Crippen molar-refractivity contribution in [3.63, 3.8) is 0 Å². The third-order valence-electron chi connectivity index (χ3n) is 3.74. The molecule has 0 bridgehead atoms. The third-order valence-corrected chi connectivity index (χ3v) is 3.74. The van der Waals surface area contributed by atoms with E-state index >= 15 is 0 Å². The molecule has 27 heavy (non-hydrogen) atoms. The molecule has 0 unspecified atom stereocenters. The number of hydrogen-bond acceptors (Lipinski definition) is 6. The second-order valence-corrected chi connectivity index (χ2v) is 5.58. The Kier molecular flexibility index (Phi) is 5.25. The van der Waals surface area contributed by atoms with Gasteiger partial charge in [-0.2, -0.15) is 0 Å². The number of phenols is 1. The number of benzene rings is 2. The summed E-state index contributed by atoms with van der Waals surface area (Å²) < 4.78 is 18.2. The van der Waals surface area contributed by atoms with Crippen molar-refractivity contribution in [1.29, 1.82) is 0 Å². The van der Waals surface area contributed by atoms with E-state index in [2.05, 4.69) is 15.3 Å². The topological polar surface area (TPSA) is 101 Å². The SMILES string of the molecule is CCOC(=O)CNC(=O)c1c(O)ccc2nc(-c3cccc(F)c3)cnc12. The summed E-state index contributed by atoms with van der Waals surface area (Å²) in [5, 5.41) is 12.5. The molecule has 0 aliphatic rings. The van der Waals surface area contributed by atoms with Crippen molar-refractivity contribution in [2.75, 3.05) is 13.2 Å². The zero-order valence-corrected chi connectivity index (χ0v) is 14.4. The molecule has 0 saturated heterocycles. The number of esters is 1. The Labute approximate surface area is 153 Å². The first-order chi connectivity index (χ1) is 13.0. The average molecular weight is 369 g/mol. The Hall–Kier alpha value is -3.55. The highest BCUT2D eigenvalue weighted by atomic mass is 19.1. The maximum Gasteiger partial charge on any atom is 0.325 e.